The molecule has 0 aromatic carbocycles. The second-order valence-electron chi connectivity index (χ2n) is 5.60. The van der Waals surface area contributed by atoms with Crippen LogP contribution in [0.4, 0.5) is 0 Å². The van der Waals surface area contributed by atoms with Crippen molar-refractivity contribution in [3.8, 4) is 0 Å². The number of amides is 1. The monoisotopic (exact) mass is 227 g/mol. The van der Waals surface area contributed by atoms with Gasteiger partial charge in [0, 0.05) is 24.5 Å². The highest BCUT2D eigenvalue weighted by Gasteiger charge is 2.22. The van der Waals surface area contributed by atoms with Crippen molar-refractivity contribution < 1.29 is 4.79 Å². The smallest absolute Gasteiger partial charge is 0.221 e. The van der Waals surface area contributed by atoms with E-state index in [1.54, 1.807) is 0 Å². The Balaban J connectivity index is 2.28. The van der Waals surface area contributed by atoms with Crippen molar-refractivity contribution in [2.24, 2.45) is 5.73 Å². The molecule has 1 aliphatic rings. The highest BCUT2D eigenvalue weighted by Crippen LogP contribution is 2.17. The lowest BCUT2D eigenvalue weighted by Crippen LogP contribution is -2.47. The second-order valence-corrected chi connectivity index (χ2v) is 5.60. The zero-order valence-corrected chi connectivity index (χ0v) is 10.8. The molecular weight excluding hydrogens is 202 g/mol. The van der Waals surface area contributed by atoms with E-state index in [2.05, 4.69) is 17.3 Å². The molecule has 1 fully saturated rings. The maximum absolute atomic E-state index is 11.7. The zero-order chi connectivity index (χ0) is 12.2. The quantitative estimate of drug-likeness (QED) is 0.744. The third-order valence-corrected chi connectivity index (χ3v) is 3.08. The van der Waals surface area contributed by atoms with Crippen LogP contribution in [0.2, 0.25) is 0 Å². The Kier molecular flexibility index (Phi) is 4.74. The van der Waals surface area contributed by atoms with Gasteiger partial charge in [0.25, 0.3) is 0 Å². The van der Waals surface area contributed by atoms with Crippen molar-refractivity contribution >= 4 is 5.91 Å². The largest absolute Gasteiger partial charge is 0.354 e. The molecule has 0 spiro atoms. The maximum atomic E-state index is 11.7. The molecule has 4 nitrogen and oxygen atoms in total. The van der Waals surface area contributed by atoms with Crippen LogP contribution in [0.1, 0.15) is 39.5 Å². The average Bonchev–Trinajstić information content (AvgIpc) is 2.18. The molecule has 1 amide bonds. The molecule has 4 heteroatoms. The Morgan fingerprint density at radius 2 is 2.19 bits per heavy atom. The lowest BCUT2D eigenvalue weighted by molar-refractivity contribution is -0.122. The van der Waals surface area contributed by atoms with Gasteiger partial charge in [-0.2, -0.15) is 0 Å². The fourth-order valence-corrected chi connectivity index (χ4v) is 2.01. The van der Waals surface area contributed by atoms with E-state index in [1.165, 1.54) is 12.8 Å². The Bertz CT molecular complexity index is 235. The molecule has 1 rings (SSSR count). The number of likely N-dealkylation sites (tertiary alicyclic amines) is 1. The highest BCUT2D eigenvalue weighted by molar-refractivity contribution is 5.76. The molecule has 0 aromatic rings. The van der Waals surface area contributed by atoms with E-state index in [0.717, 1.165) is 13.0 Å². The molecule has 1 atom stereocenters. The second kappa shape index (κ2) is 5.64. The van der Waals surface area contributed by atoms with E-state index in [9.17, 15) is 4.79 Å². The topological polar surface area (TPSA) is 58.4 Å². The van der Waals surface area contributed by atoms with Gasteiger partial charge in [0.1, 0.15) is 0 Å². The molecule has 94 valence electrons. The molecule has 0 bridgehead atoms. The van der Waals surface area contributed by atoms with Gasteiger partial charge < -0.3 is 16.0 Å². The Morgan fingerprint density at radius 1 is 1.50 bits per heavy atom. The van der Waals surface area contributed by atoms with E-state index >= 15 is 0 Å². The molecule has 3 N–H and O–H groups in total. The number of nitrogens with zero attached hydrogens (tertiary/aromatic N) is 1. The van der Waals surface area contributed by atoms with Crippen LogP contribution < -0.4 is 11.1 Å². The third-order valence-electron chi connectivity index (χ3n) is 3.08. The van der Waals surface area contributed by atoms with E-state index in [1.807, 2.05) is 13.8 Å². The minimum Gasteiger partial charge on any atom is -0.354 e. The Hall–Kier alpha value is -0.610. The number of carbonyl (C=O) groups excluding carboxylic acids is 1. The summed E-state index contributed by atoms with van der Waals surface area (Å²) in [6.45, 7) is 5.49. The van der Waals surface area contributed by atoms with Crippen LogP contribution in [-0.4, -0.2) is 42.5 Å². The number of hydrogen-bond acceptors (Lipinski definition) is 3. The van der Waals surface area contributed by atoms with Crippen LogP contribution in [0.15, 0.2) is 0 Å². The van der Waals surface area contributed by atoms with Crippen molar-refractivity contribution in [1.29, 1.82) is 0 Å². The molecule has 0 saturated carbocycles. The molecule has 0 aliphatic carbocycles. The normalized spacial score (nSPS) is 23.1. The number of hydrogen-bond donors (Lipinski definition) is 2. The van der Waals surface area contributed by atoms with E-state index in [4.69, 9.17) is 5.73 Å². The van der Waals surface area contributed by atoms with Crippen LogP contribution in [0.3, 0.4) is 0 Å². The van der Waals surface area contributed by atoms with Gasteiger partial charge in [-0.1, -0.05) is 6.42 Å². The average molecular weight is 227 g/mol. The van der Waals surface area contributed by atoms with Gasteiger partial charge in [0.15, 0.2) is 0 Å². The molecule has 0 radical (unpaired) electrons. The van der Waals surface area contributed by atoms with E-state index in [-0.39, 0.29) is 11.4 Å². The lowest BCUT2D eigenvalue weighted by Gasteiger charge is -2.32. The van der Waals surface area contributed by atoms with Crippen molar-refractivity contribution in [1.82, 2.24) is 10.2 Å². The summed E-state index contributed by atoms with van der Waals surface area (Å²) >= 11 is 0. The number of rotatable bonds is 4. The molecule has 1 aliphatic heterocycles. The van der Waals surface area contributed by atoms with E-state index < -0.39 is 0 Å². The number of piperidine rings is 1. The predicted octanol–water partition coefficient (Wildman–Crippen LogP) is 0.714. The first-order chi connectivity index (χ1) is 7.38. The third kappa shape index (κ3) is 4.94. The summed E-state index contributed by atoms with van der Waals surface area (Å²) in [4.78, 5) is 14.0. The highest BCUT2D eigenvalue weighted by atomic mass is 16.1. The summed E-state index contributed by atoms with van der Waals surface area (Å²) in [5, 5.41) is 2.90. The minimum absolute atomic E-state index is 0.122. The molecular formula is C12H25N3O. The van der Waals surface area contributed by atoms with Crippen LogP contribution in [-0.2, 0) is 4.79 Å². The lowest BCUT2D eigenvalue weighted by atomic mass is 9.99. The van der Waals surface area contributed by atoms with Gasteiger partial charge in [-0.05, 0) is 40.3 Å². The summed E-state index contributed by atoms with van der Waals surface area (Å²) in [6.07, 6.45) is 4.23. The summed E-state index contributed by atoms with van der Waals surface area (Å²) in [7, 11) is 2.10. The summed E-state index contributed by atoms with van der Waals surface area (Å²) < 4.78 is 0. The summed E-state index contributed by atoms with van der Waals surface area (Å²) in [6, 6.07) is 0.412. The van der Waals surface area contributed by atoms with Gasteiger partial charge in [0.2, 0.25) is 5.91 Å². The van der Waals surface area contributed by atoms with Gasteiger partial charge >= 0.3 is 0 Å². The summed E-state index contributed by atoms with van der Waals surface area (Å²) in [5.74, 6) is 0.122. The molecule has 1 heterocycles. The zero-order valence-electron chi connectivity index (χ0n) is 10.8. The van der Waals surface area contributed by atoms with Crippen molar-refractivity contribution in [3.63, 3.8) is 0 Å². The standard InChI is InChI=1S/C12H25N3O/c1-12(2,13)9-14-11(16)8-10-6-4-5-7-15(10)3/h10H,4-9,13H2,1-3H3,(H,14,16). The summed E-state index contributed by atoms with van der Waals surface area (Å²) in [5.41, 5.74) is 5.49. The maximum Gasteiger partial charge on any atom is 0.221 e. The van der Waals surface area contributed by atoms with Crippen LogP contribution in [0, 0.1) is 0 Å². The van der Waals surface area contributed by atoms with Gasteiger partial charge in [-0.25, -0.2) is 0 Å². The predicted molar refractivity (Wildman–Crippen MR) is 66.2 cm³/mol. The van der Waals surface area contributed by atoms with Gasteiger partial charge in [0.05, 0.1) is 0 Å². The van der Waals surface area contributed by atoms with Crippen molar-refractivity contribution in [3.05, 3.63) is 0 Å². The molecule has 0 aromatic heterocycles. The van der Waals surface area contributed by atoms with Crippen molar-refractivity contribution in [2.75, 3.05) is 20.1 Å². The number of carbonyl (C=O) groups is 1. The van der Waals surface area contributed by atoms with Gasteiger partial charge in [-0.3, -0.25) is 4.79 Å². The Labute approximate surface area is 98.6 Å². The Morgan fingerprint density at radius 3 is 2.75 bits per heavy atom. The first kappa shape index (κ1) is 13.5. The van der Waals surface area contributed by atoms with E-state index in [0.29, 0.717) is 19.0 Å². The number of nitrogens with one attached hydrogen (secondary N) is 1. The molecule has 16 heavy (non-hydrogen) atoms. The van der Waals surface area contributed by atoms with Crippen LogP contribution in [0.5, 0.6) is 0 Å². The van der Waals surface area contributed by atoms with Gasteiger partial charge in [-0.15, -0.1) is 0 Å². The molecule has 1 unspecified atom stereocenters. The number of nitrogens with two attached hydrogens (primary N) is 1. The molecule has 1 saturated heterocycles. The SMILES string of the molecule is CN1CCCCC1CC(=O)NCC(C)(C)N. The van der Waals surface area contributed by atoms with Crippen LogP contribution in [0.25, 0.3) is 0 Å². The fraction of sp³-hybridized carbons (Fsp3) is 0.917. The minimum atomic E-state index is -0.325. The first-order valence-corrected chi connectivity index (χ1v) is 6.14. The fourth-order valence-electron chi connectivity index (χ4n) is 2.01. The first-order valence-electron chi connectivity index (χ1n) is 6.14. The van der Waals surface area contributed by atoms with Crippen molar-refractivity contribution in [2.45, 2.75) is 51.1 Å². The van der Waals surface area contributed by atoms with Crippen LogP contribution >= 0.6 is 0 Å².